The van der Waals surface area contributed by atoms with E-state index >= 15 is 0 Å². The minimum absolute atomic E-state index is 0.129. The second-order valence-corrected chi connectivity index (χ2v) is 4.39. The van der Waals surface area contributed by atoms with Crippen molar-refractivity contribution in [1.29, 1.82) is 0 Å². The molecule has 0 spiro atoms. The van der Waals surface area contributed by atoms with E-state index in [9.17, 15) is 9.59 Å². The third-order valence-electron chi connectivity index (χ3n) is 2.92. The Bertz CT molecular complexity index is 670. The van der Waals surface area contributed by atoms with Crippen LogP contribution in [0, 0.1) is 13.8 Å². The van der Waals surface area contributed by atoms with Crippen molar-refractivity contribution >= 4 is 17.0 Å². The van der Waals surface area contributed by atoms with Gasteiger partial charge in [-0.05, 0) is 26.8 Å². The summed E-state index contributed by atoms with van der Waals surface area (Å²) in [6.45, 7) is 6.02. The van der Waals surface area contributed by atoms with E-state index in [1.54, 1.807) is 19.9 Å². The van der Waals surface area contributed by atoms with Gasteiger partial charge < -0.3 is 9.72 Å². The van der Waals surface area contributed by atoms with E-state index in [4.69, 9.17) is 4.74 Å². The van der Waals surface area contributed by atoms with Gasteiger partial charge in [0.2, 0.25) is 0 Å². The number of ether oxygens (including phenoxy) is 1. The number of carbonyl (C=O) groups excluding carboxylic acids is 1. The van der Waals surface area contributed by atoms with Gasteiger partial charge in [0.05, 0.1) is 18.4 Å². The normalized spacial score (nSPS) is 10.9. The molecule has 102 valence electrons. The first-order valence-electron chi connectivity index (χ1n) is 6.25. The van der Waals surface area contributed by atoms with Crippen LogP contribution in [0.15, 0.2) is 10.9 Å². The Kier molecular flexibility index (Phi) is 3.69. The molecule has 0 saturated heterocycles. The van der Waals surface area contributed by atoms with Crippen molar-refractivity contribution in [2.45, 2.75) is 33.7 Å². The van der Waals surface area contributed by atoms with Crippen LogP contribution in [0.25, 0.3) is 11.0 Å². The second kappa shape index (κ2) is 5.26. The first kappa shape index (κ1) is 13.3. The van der Waals surface area contributed by atoms with Crippen molar-refractivity contribution in [3.8, 4) is 0 Å². The molecule has 0 unspecified atom stereocenters. The molecule has 0 aliphatic rings. The number of carbonyl (C=O) groups is 1. The average Bonchev–Trinajstić information content (AvgIpc) is 2.70. The van der Waals surface area contributed by atoms with Crippen LogP contribution >= 0.6 is 0 Å². The Morgan fingerprint density at radius 1 is 1.47 bits per heavy atom. The SMILES string of the molecule is CCOC(=O)CCn1c(C)nc2[nH]c(C)cc2c1=O. The molecule has 2 aromatic rings. The van der Waals surface area contributed by atoms with E-state index in [0.29, 0.717) is 23.5 Å². The van der Waals surface area contributed by atoms with Crippen molar-refractivity contribution in [3.63, 3.8) is 0 Å². The Morgan fingerprint density at radius 3 is 2.89 bits per heavy atom. The van der Waals surface area contributed by atoms with Crippen molar-refractivity contribution in [2.24, 2.45) is 0 Å². The molecule has 0 bridgehead atoms. The van der Waals surface area contributed by atoms with Gasteiger partial charge in [0.15, 0.2) is 0 Å². The quantitative estimate of drug-likeness (QED) is 0.843. The van der Waals surface area contributed by atoms with Gasteiger partial charge in [-0.3, -0.25) is 14.2 Å². The van der Waals surface area contributed by atoms with E-state index in [2.05, 4.69) is 9.97 Å². The van der Waals surface area contributed by atoms with Gasteiger partial charge in [-0.25, -0.2) is 4.98 Å². The number of H-pyrrole nitrogens is 1. The van der Waals surface area contributed by atoms with Crippen LogP contribution in [-0.4, -0.2) is 27.1 Å². The predicted molar refractivity (Wildman–Crippen MR) is 71.1 cm³/mol. The van der Waals surface area contributed by atoms with Crippen LogP contribution in [0.4, 0.5) is 0 Å². The highest BCUT2D eigenvalue weighted by molar-refractivity contribution is 5.75. The molecule has 6 nitrogen and oxygen atoms in total. The van der Waals surface area contributed by atoms with E-state index < -0.39 is 0 Å². The highest BCUT2D eigenvalue weighted by Gasteiger charge is 2.11. The number of esters is 1. The van der Waals surface area contributed by atoms with Gasteiger partial charge in [0, 0.05) is 12.2 Å². The average molecular weight is 263 g/mol. The first-order valence-corrected chi connectivity index (χ1v) is 6.25. The molecule has 0 fully saturated rings. The zero-order chi connectivity index (χ0) is 14.0. The summed E-state index contributed by atoms with van der Waals surface area (Å²) < 4.78 is 6.36. The van der Waals surface area contributed by atoms with Crippen molar-refractivity contribution in [3.05, 3.63) is 27.9 Å². The molecule has 0 atom stereocenters. The van der Waals surface area contributed by atoms with Crippen LogP contribution in [-0.2, 0) is 16.1 Å². The number of aryl methyl sites for hydroxylation is 2. The summed E-state index contributed by atoms with van der Waals surface area (Å²) in [6, 6.07) is 1.77. The van der Waals surface area contributed by atoms with Crippen molar-refractivity contribution in [1.82, 2.24) is 14.5 Å². The maximum absolute atomic E-state index is 12.3. The first-order chi connectivity index (χ1) is 9.02. The van der Waals surface area contributed by atoms with E-state index in [1.807, 2.05) is 6.92 Å². The number of hydrogen-bond donors (Lipinski definition) is 1. The number of nitrogens with zero attached hydrogens (tertiary/aromatic N) is 2. The molecule has 19 heavy (non-hydrogen) atoms. The van der Waals surface area contributed by atoms with E-state index in [0.717, 1.165) is 5.69 Å². The summed E-state index contributed by atoms with van der Waals surface area (Å²) in [5.41, 5.74) is 1.35. The van der Waals surface area contributed by atoms with Crippen LogP contribution in [0.5, 0.6) is 0 Å². The van der Waals surface area contributed by atoms with Gasteiger partial charge in [-0.2, -0.15) is 0 Å². The number of fused-ring (bicyclic) bond motifs is 1. The van der Waals surface area contributed by atoms with Gasteiger partial charge in [-0.1, -0.05) is 0 Å². The molecule has 2 rings (SSSR count). The number of hydrogen-bond acceptors (Lipinski definition) is 4. The summed E-state index contributed by atoms with van der Waals surface area (Å²) in [6.07, 6.45) is 0.172. The fourth-order valence-electron chi connectivity index (χ4n) is 2.04. The minimum atomic E-state index is -0.306. The highest BCUT2D eigenvalue weighted by atomic mass is 16.5. The summed E-state index contributed by atoms with van der Waals surface area (Å²) in [5, 5.41) is 0.548. The molecule has 0 aliphatic heterocycles. The number of aromatic amines is 1. The van der Waals surface area contributed by atoms with E-state index in [1.165, 1.54) is 4.57 Å². The Hall–Kier alpha value is -2.11. The van der Waals surface area contributed by atoms with Gasteiger partial charge in [0.25, 0.3) is 5.56 Å². The maximum Gasteiger partial charge on any atom is 0.307 e. The molecular weight excluding hydrogens is 246 g/mol. The van der Waals surface area contributed by atoms with Crippen molar-refractivity contribution in [2.75, 3.05) is 6.61 Å². The Morgan fingerprint density at radius 2 is 2.21 bits per heavy atom. The lowest BCUT2D eigenvalue weighted by atomic mass is 10.3. The van der Waals surface area contributed by atoms with Crippen LogP contribution in [0.2, 0.25) is 0 Å². The summed E-state index contributed by atoms with van der Waals surface area (Å²) >= 11 is 0. The van der Waals surface area contributed by atoms with E-state index in [-0.39, 0.29) is 24.5 Å². The third-order valence-corrected chi connectivity index (χ3v) is 2.92. The van der Waals surface area contributed by atoms with Crippen LogP contribution < -0.4 is 5.56 Å². The second-order valence-electron chi connectivity index (χ2n) is 4.39. The number of rotatable bonds is 4. The van der Waals surface area contributed by atoms with Crippen LogP contribution in [0.1, 0.15) is 24.9 Å². The van der Waals surface area contributed by atoms with Crippen molar-refractivity contribution < 1.29 is 9.53 Å². The Labute approximate surface area is 110 Å². The Balaban J connectivity index is 2.32. The highest BCUT2D eigenvalue weighted by Crippen LogP contribution is 2.09. The fourth-order valence-corrected chi connectivity index (χ4v) is 2.04. The molecule has 0 aromatic carbocycles. The lowest BCUT2D eigenvalue weighted by Gasteiger charge is -2.08. The maximum atomic E-state index is 12.3. The minimum Gasteiger partial charge on any atom is -0.466 e. The van der Waals surface area contributed by atoms with Gasteiger partial charge >= 0.3 is 5.97 Å². The molecule has 2 heterocycles. The molecule has 0 amide bonds. The lowest BCUT2D eigenvalue weighted by Crippen LogP contribution is -2.25. The largest absolute Gasteiger partial charge is 0.466 e. The summed E-state index contributed by atoms with van der Waals surface area (Å²) in [7, 11) is 0. The molecule has 0 radical (unpaired) electrons. The summed E-state index contributed by atoms with van der Waals surface area (Å²) in [4.78, 5) is 31.0. The van der Waals surface area contributed by atoms with Crippen LogP contribution in [0.3, 0.4) is 0 Å². The number of aromatic nitrogens is 3. The lowest BCUT2D eigenvalue weighted by molar-refractivity contribution is -0.143. The molecule has 0 saturated carbocycles. The predicted octanol–water partition coefficient (Wildman–Crippen LogP) is 1.29. The molecule has 1 N–H and O–H groups in total. The standard InChI is InChI=1S/C13H17N3O3/c1-4-19-11(17)5-6-16-9(3)15-12-10(13(16)18)7-8(2)14-12/h7,14H,4-6H2,1-3H3. The molecule has 2 aromatic heterocycles. The van der Waals surface area contributed by atoms with Gasteiger partial charge in [0.1, 0.15) is 11.5 Å². The molecular formula is C13H17N3O3. The monoisotopic (exact) mass is 263 g/mol. The number of nitrogens with one attached hydrogen (secondary N) is 1. The smallest absolute Gasteiger partial charge is 0.307 e. The van der Waals surface area contributed by atoms with Gasteiger partial charge in [-0.15, -0.1) is 0 Å². The zero-order valence-electron chi connectivity index (χ0n) is 11.3. The molecule has 6 heteroatoms. The zero-order valence-corrected chi connectivity index (χ0v) is 11.3. The topological polar surface area (TPSA) is 77.0 Å². The third kappa shape index (κ3) is 2.67. The molecule has 0 aliphatic carbocycles. The summed E-state index contributed by atoms with van der Waals surface area (Å²) in [5.74, 6) is 0.280. The fraction of sp³-hybridized carbons (Fsp3) is 0.462.